The fraction of sp³-hybridized carbons (Fsp3) is 0.278. The summed E-state index contributed by atoms with van der Waals surface area (Å²) in [6.45, 7) is 3.21. The van der Waals surface area contributed by atoms with Gasteiger partial charge in [-0.2, -0.15) is 5.10 Å². The van der Waals surface area contributed by atoms with E-state index in [-0.39, 0.29) is 16.4 Å². The fourth-order valence-corrected chi connectivity index (χ4v) is 3.04. The Labute approximate surface area is 161 Å². The van der Waals surface area contributed by atoms with Crippen molar-refractivity contribution in [3.8, 4) is 0 Å². The number of halogens is 2. The molecule has 1 aromatic carbocycles. The summed E-state index contributed by atoms with van der Waals surface area (Å²) in [6.07, 6.45) is 3.03. The van der Waals surface area contributed by atoms with Crippen molar-refractivity contribution in [2.24, 2.45) is 10.8 Å². The Morgan fingerprint density at radius 1 is 1.22 bits per heavy atom. The van der Waals surface area contributed by atoms with Crippen molar-refractivity contribution >= 4 is 29.2 Å². The van der Waals surface area contributed by atoms with E-state index in [0.717, 1.165) is 12.2 Å². The van der Waals surface area contributed by atoms with Gasteiger partial charge in [0, 0.05) is 44.5 Å². The normalized spacial score (nSPS) is 15.3. The maximum absolute atomic E-state index is 14.5. The largest absolute Gasteiger partial charge is 0.375 e. The monoisotopic (exact) mass is 390 g/mol. The zero-order valence-electron chi connectivity index (χ0n) is 14.6. The molecule has 1 saturated heterocycles. The first-order valence-corrected chi connectivity index (χ1v) is 8.88. The smallest absolute Gasteiger partial charge is 0.184 e. The van der Waals surface area contributed by atoms with E-state index in [4.69, 9.17) is 5.73 Å². The van der Waals surface area contributed by atoms with Gasteiger partial charge in [0.1, 0.15) is 17.3 Å². The molecule has 1 aliphatic heterocycles. The zero-order chi connectivity index (χ0) is 19.2. The molecule has 0 aliphatic carbocycles. The molecule has 2 heterocycles. The van der Waals surface area contributed by atoms with E-state index in [1.54, 1.807) is 11.1 Å². The van der Waals surface area contributed by atoms with E-state index in [9.17, 15) is 8.78 Å². The Morgan fingerprint density at radius 3 is 2.52 bits per heavy atom. The highest BCUT2D eigenvalue weighted by Gasteiger charge is 2.23. The molecule has 6 nitrogen and oxygen atoms in total. The SMILES string of the molecule is NC(=S)NN=Cc1cc(F)c(N2CCN(Cc3ccccn3)CC2)c(F)c1. The van der Waals surface area contributed by atoms with Crippen LogP contribution in [-0.4, -0.2) is 47.4 Å². The van der Waals surface area contributed by atoms with Gasteiger partial charge < -0.3 is 10.6 Å². The van der Waals surface area contributed by atoms with Gasteiger partial charge in [-0.3, -0.25) is 15.3 Å². The molecule has 0 saturated carbocycles. The number of aromatic nitrogens is 1. The second kappa shape index (κ2) is 8.83. The molecule has 27 heavy (non-hydrogen) atoms. The standard InChI is InChI=1S/C18H20F2N6S/c19-15-9-13(11-23-24-18(21)27)10-16(20)17(15)26-7-5-25(6-8-26)12-14-3-1-2-4-22-14/h1-4,9-11H,5-8,12H2,(H3,21,24,27). The lowest BCUT2D eigenvalue weighted by Crippen LogP contribution is -2.46. The summed E-state index contributed by atoms with van der Waals surface area (Å²) in [4.78, 5) is 8.26. The first-order chi connectivity index (χ1) is 13.0. The number of nitrogens with two attached hydrogens (primary N) is 1. The van der Waals surface area contributed by atoms with E-state index in [1.165, 1.54) is 18.3 Å². The van der Waals surface area contributed by atoms with Gasteiger partial charge in [0.2, 0.25) is 0 Å². The number of hydrogen-bond donors (Lipinski definition) is 2. The van der Waals surface area contributed by atoms with Gasteiger partial charge >= 0.3 is 0 Å². The van der Waals surface area contributed by atoms with Gasteiger partial charge in [-0.25, -0.2) is 8.78 Å². The molecule has 3 rings (SSSR count). The minimum Gasteiger partial charge on any atom is -0.375 e. The molecular weight excluding hydrogens is 370 g/mol. The van der Waals surface area contributed by atoms with Crippen LogP contribution in [-0.2, 0) is 6.54 Å². The van der Waals surface area contributed by atoms with Crippen molar-refractivity contribution in [3.63, 3.8) is 0 Å². The number of anilines is 1. The minimum atomic E-state index is -0.620. The number of nitrogens with zero attached hydrogens (tertiary/aromatic N) is 4. The lowest BCUT2D eigenvalue weighted by Gasteiger charge is -2.36. The predicted octanol–water partition coefficient (Wildman–Crippen LogP) is 1.85. The molecular formula is C18H20F2N6S. The molecule has 0 atom stereocenters. The molecule has 0 bridgehead atoms. The maximum Gasteiger partial charge on any atom is 0.184 e. The summed E-state index contributed by atoms with van der Waals surface area (Å²) in [6, 6.07) is 8.28. The lowest BCUT2D eigenvalue weighted by molar-refractivity contribution is 0.246. The molecule has 1 aliphatic rings. The third-order valence-corrected chi connectivity index (χ3v) is 4.32. The van der Waals surface area contributed by atoms with Gasteiger partial charge in [-0.1, -0.05) is 6.07 Å². The quantitative estimate of drug-likeness (QED) is 0.461. The van der Waals surface area contributed by atoms with Gasteiger partial charge in [0.25, 0.3) is 0 Å². The number of hydrogen-bond acceptors (Lipinski definition) is 5. The van der Waals surface area contributed by atoms with Crippen LogP contribution < -0.4 is 16.1 Å². The van der Waals surface area contributed by atoms with E-state index in [2.05, 4.69) is 32.6 Å². The van der Waals surface area contributed by atoms with Crippen LogP contribution in [0.5, 0.6) is 0 Å². The van der Waals surface area contributed by atoms with Gasteiger partial charge in [-0.05, 0) is 36.5 Å². The van der Waals surface area contributed by atoms with Crippen molar-refractivity contribution in [2.75, 3.05) is 31.1 Å². The molecule has 0 radical (unpaired) electrons. The van der Waals surface area contributed by atoms with E-state index in [0.29, 0.717) is 26.2 Å². The van der Waals surface area contributed by atoms with Crippen LogP contribution in [0.2, 0.25) is 0 Å². The average molecular weight is 390 g/mol. The minimum absolute atomic E-state index is 0.00746. The summed E-state index contributed by atoms with van der Waals surface area (Å²) in [5, 5.41) is 3.69. The number of thiocarbonyl (C=S) groups is 1. The van der Waals surface area contributed by atoms with Crippen LogP contribution in [0, 0.1) is 11.6 Å². The first-order valence-electron chi connectivity index (χ1n) is 8.47. The topological polar surface area (TPSA) is 69.8 Å². The third kappa shape index (κ3) is 5.18. The Hall–Kier alpha value is -2.65. The van der Waals surface area contributed by atoms with Crippen molar-refractivity contribution in [2.45, 2.75) is 6.54 Å². The number of piperazine rings is 1. The second-order valence-electron chi connectivity index (χ2n) is 6.15. The molecule has 0 unspecified atom stereocenters. The van der Waals surface area contributed by atoms with Crippen LogP contribution in [0.3, 0.4) is 0 Å². The summed E-state index contributed by atoms with van der Waals surface area (Å²) < 4.78 is 29.0. The molecule has 9 heteroatoms. The van der Waals surface area contributed by atoms with Gasteiger partial charge in [0.15, 0.2) is 5.11 Å². The van der Waals surface area contributed by atoms with E-state index >= 15 is 0 Å². The molecule has 142 valence electrons. The Balaban J connectivity index is 1.63. The Morgan fingerprint density at radius 2 is 1.93 bits per heavy atom. The summed E-state index contributed by atoms with van der Waals surface area (Å²) in [7, 11) is 0. The van der Waals surface area contributed by atoms with Crippen LogP contribution in [0.4, 0.5) is 14.5 Å². The summed E-state index contributed by atoms with van der Waals surface area (Å²) >= 11 is 4.61. The number of benzene rings is 1. The van der Waals surface area contributed by atoms with Crippen molar-refractivity contribution in [3.05, 3.63) is 59.4 Å². The average Bonchev–Trinajstić information content (AvgIpc) is 2.63. The second-order valence-corrected chi connectivity index (χ2v) is 6.59. The van der Waals surface area contributed by atoms with Crippen molar-refractivity contribution in [1.82, 2.24) is 15.3 Å². The summed E-state index contributed by atoms with van der Waals surface area (Å²) in [5.74, 6) is -1.24. The predicted molar refractivity (Wildman–Crippen MR) is 106 cm³/mol. The van der Waals surface area contributed by atoms with E-state index in [1.807, 2.05) is 18.2 Å². The zero-order valence-corrected chi connectivity index (χ0v) is 15.4. The Kier molecular flexibility index (Phi) is 6.25. The molecule has 0 spiro atoms. The maximum atomic E-state index is 14.5. The summed E-state index contributed by atoms with van der Waals surface area (Å²) in [5.41, 5.74) is 8.85. The molecule has 1 aromatic heterocycles. The van der Waals surface area contributed by atoms with Crippen molar-refractivity contribution in [1.29, 1.82) is 0 Å². The van der Waals surface area contributed by atoms with Crippen LogP contribution in [0.25, 0.3) is 0 Å². The van der Waals surface area contributed by atoms with Crippen LogP contribution in [0.15, 0.2) is 41.6 Å². The highest BCUT2D eigenvalue weighted by Crippen LogP contribution is 2.26. The highest BCUT2D eigenvalue weighted by atomic mass is 32.1. The van der Waals surface area contributed by atoms with E-state index < -0.39 is 11.6 Å². The number of pyridine rings is 1. The van der Waals surface area contributed by atoms with Crippen molar-refractivity contribution < 1.29 is 8.78 Å². The molecule has 2 aromatic rings. The first kappa shape index (κ1) is 19.1. The number of rotatable bonds is 5. The molecule has 1 fully saturated rings. The molecule has 3 N–H and O–H groups in total. The van der Waals surface area contributed by atoms with Crippen LogP contribution in [0.1, 0.15) is 11.3 Å². The lowest BCUT2D eigenvalue weighted by atomic mass is 10.1. The fourth-order valence-electron chi connectivity index (χ4n) is 2.98. The molecule has 0 amide bonds. The Bertz CT molecular complexity index is 799. The number of nitrogens with one attached hydrogen (secondary N) is 1. The highest BCUT2D eigenvalue weighted by molar-refractivity contribution is 7.80. The van der Waals surface area contributed by atoms with Crippen LogP contribution >= 0.6 is 12.2 Å². The van der Waals surface area contributed by atoms with Gasteiger partial charge in [0.05, 0.1) is 11.9 Å². The number of hydrazone groups is 1. The third-order valence-electron chi connectivity index (χ3n) is 4.23. The van der Waals surface area contributed by atoms with Gasteiger partial charge in [-0.15, -0.1) is 0 Å².